The predicted octanol–water partition coefficient (Wildman–Crippen LogP) is 1.42. The minimum Gasteiger partial charge on any atom is -0.480 e. The van der Waals surface area contributed by atoms with E-state index in [1.807, 2.05) is 30.3 Å². The Bertz CT molecular complexity index is 363. The second kappa shape index (κ2) is 3.66. The van der Waals surface area contributed by atoms with Crippen molar-refractivity contribution in [2.75, 3.05) is 0 Å². The lowest BCUT2D eigenvalue weighted by Crippen LogP contribution is -2.61. The lowest BCUT2D eigenvalue weighted by molar-refractivity contribution is -0.150. The van der Waals surface area contributed by atoms with Crippen LogP contribution in [0.3, 0.4) is 0 Å². The summed E-state index contributed by atoms with van der Waals surface area (Å²) in [5.41, 5.74) is 6.01. The predicted molar refractivity (Wildman–Crippen MR) is 57.4 cm³/mol. The lowest BCUT2D eigenvalue weighted by Gasteiger charge is -2.43. The van der Waals surface area contributed by atoms with E-state index in [1.54, 1.807) is 0 Å². The molecule has 0 heterocycles. The molecule has 1 saturated carbocycles. The molecule has 0 aliphatic heterocycles. The summed E-state index contributed by atoms with van der Waals surface area (Å²) in [6.45, 7) is 0. The van der Waals surface area contributed by atoms with Gasteiger partial charge in [-0.15, -0.1) is 0 Å². The lowest BCUT2D eigenvalue weighted by atomic mass is 9.65. The van der Waals surface area contributed by atoms with Crippen molar-refractivity contribution >= 4 is 5.97 Å². The molecule has 0 radical (unpaired) electrons. The number of rotatable bonds is 3. The Hall–Kier alpha value is -1.35. The van der Waals surface area contributed by atoms with E-state index in [0.717, 1.165) is 12.8 Å². The maximum Gasteiger partial charge on any atom is 0.323 e. The molecule has 1 aromatic rings. The van der Waals surface area contributed by atoms with Gasteiger partial charge < -0.3 is 10.8 Å². The van der Waals surface area contributed by atoms with E-state index in [1.165, 1.54) is 5.56 Å². The first-order valence-corrected chi connectivity index (χ1v) is 5.19. The molecule has 0 aromatic heterocycles. The van der Waals surface area contributed by atoms with Crippen molar-refractivity contribution in [2.24, 2.45) is 11.7 Å². The van der Waals surface area contributed by atoms with Crippen molar-refractivity contribution in [2.45, 2.75) is 24.8 Å². The molecule has 1 aliphatic rings. The summed E-state index contributed by atoms with van der Waals surface area (Å²) >= 11 is 0. The fourth-order valence-electron chi connectivity index (χ4n) is 2.12. The van der Waals surface area contributed by atoms with Crippen LogP contribution in [0.1, 0.15) is 18.4 Å². The van der Waals surface area contributed by atoms with Crippen LogP contribution < -0.4 is 5.73 Å². The molecule has 2 atom stereocenters. The van der Waals surface area contributed by atoms with E-state index in [2.05, 4.69) is 0 Å². The smallest absolute Gasteiger partial charge is 0.323 e. The van der Waals surface area contributed by atoms with E-state index in [-0.39, 0.29) is 5.92 Å². The number of carboxylic acids is 1. The van der Waals surface area contributed by atoms with Gasteiger partial charge in [0.1, 0.15) is 5.54 Å². The second-order valence-electron chi connectivity index (χ2n) is 4.27. The van der Waals surface area contributed by atoms with Crippen molar-refractivity contribution < 1.29 is 9.90 Å². The van der Waals surface area contributed by atoms with E-state index in [9.17, 15) is 4.79 Å². The highest BCUT2D eigenvalue weighted by molar-refractivity contribution is 5.80. The van der Waals surface area contributed by atoms with Crippen molar-refractivity contribution in [3.8, 4) is 0 Å². The zero-order chi connectivity index (χ0) is 10.9. The molecule has 3 N–H and O–H groups in total. The van der Waals surface area contributed by atoms with Crippen molar-refractivity contribution in [1.29, 1.82) is 0 Å². The highest BCUT2D eigenvalue weighted by Crippen LogP contribution is 2.38. The maximum atomic E-state index is 11.0. The molecule has 3 heteroatoms. The normalized spacial score (nSPS) is 29.5. The average Bonchev–Trinajstić information content (AvgIpc) is 2.24. The zero-order valence-electron chi connectivity index (χ0n) is 8.52. The summed E-state index contributed by atoms with van der Waals surface area (Å²) in [7, 11) is 0. The van der Waals surface area contributed by atoms with Crippen molar-refractivity contribution in [1.82, 2.24) is 0 Å². The fourth-order valence-corrected chi connectivity index (χ4v) is 2.12. The number of nitrogens with two attached hydrogens (primary N) is 1. The largest absolute Gasteiger partial charge is 0.480 e. The first kappa shape index (κ1) is 10.2. The molecule has 0 amide bonds. The van der Waals surface area contributed by atoms with Crippen LogP contribution in [0, 0.1) is 5.92 Å². The molecular weight excluding hydrogens is 190 g/mol. The highest BCUT2D eigenvalue weighted by Gasteiger charge is 2.49. The molecule has 80 valence electrons. The van der Waals surface area contributed by atoms with E-state index in [4.69, 9.17) is 10.8 Å². The van der Waals surface area contributed by atoms with Crippen LogP contribution in [0.2, 0.25) is 0 Å². The Morgan fingerprint density at radius 1 is 1.47 bits per heavy atom. The molecule has 2 rings (SSSR count). The average molecular weight is 205 g/mol. The van der Waals surface area contributed by atoms with Crippen LogP contribution in [-0.4, -0.2) is 16.6 Å². The van der Waals surface area contributed by atoms with Crippen molar-refractivity contribution in [3.63, 3.8) is 0 Å². The number of hydrogen-bond acceptors (Lipinski definition) is 2. The minimum atomic E-state index is -0.990. The molecule has 1 fully saturated rings. The van der Waals surface area contributed by atoms with E-state index in [0.29, 0.717) is 6.42 Å². The Morgan fingerprint density at radius 2 is 2.13 bits per heavy atom. The van der Waals surface area contributed by atoms with Gasteiger partial charge in [0.25, 0.3) is 0 Å². The van der Waals surface area contributed by atoms with Gasteiger partial charge in [-0.05, 0) is 30.7 Å². The molecule has 1 aromatic carbocycles. The monoisotopic (exact) mass is 205 g/mol. The van der Waals surface area contributed by atoms with Gasteiger partial charge in [0.2, 0.25) is 0 Å². The SMILES string of the molecule is N[C@]1(C(=O)O)CC[C@H]1Cc1ccccc1. The molecule has 0 bridgehead atoms. The van der Waals surface area contributed by atoms with Crippen LogP contribution in [0.5, 0.6) is 0 Å². The van der Waals surface area contributed by atoms with Gasteiger partial charge in [-0.3, -0.25) is 4.79 Å². The highest BCUT2D eigenvalue weighted by atomic mass is 16.4. The fraction of sp³-hybridized carbons (Fsp3) is 0.417. The summed E-state index contributed by atoms with van der Waals surface area (Å²) in [4.78, 5) is 11.0. The van der Waals surface area contributed by atoms with Gasteiger partial charge in [0.15, 0.2) is 0 Å². The maximum absolute atomic E-state index is 11.0. The third-order valence-corrected chi connectivity index (χ3v) is 3.36. The van der Waals surface area contributed by atoms with Crippen LogP contribution in [0.4, 0.5) is 0 Å². The topological polar surface area (TPSA) is 63.3 Å². The summed E-state index contributed by atoms with van der Waals surface area (Å²) in [6, 6.07) is 9.91. The summed E-state index contributed by atoms with van der Waals surface area (Å²) in [5, 5.41) is 9.02. The Kier molecular flexibility index (Phi) is 2.49. The van der Waals surface area contributed by atoms with Gasteiger partial charge in [0.05, 0.1) is 0 Å². The second-order valence-corrected chi connectivity index (χ2v) is 4.27. The van der Waals surface area contributed by atoms with Crippen LogP contribution in [0.25, 0.3) is 0 Å². The van der Waals surface area contributed by atoms with E-state index >= 15 is 0 Å². The molecule has 3 nitrogen and oxygen atoms in total. The van der Waals surface area contributed by atoms with Gasteiger partial charge >= 0.3 is 5.97 Å². The first-order valence-electron chi connectivity index (χ1n) is 5.19. The summed E-state index contributed by atoms with van der Waals surface area (Å²) < 4.78 is 0. The number of carboxylic acid groups (broad SMARTS) is 1. The molecule has 15 heavy (non-hydrogen) atoms. The summed E-state index contributed by atoms with van der Waals surface area (Å²) in [5.74, 6) is -0.785. The Labute approximate surface area is 88.9 Å². The molecule has 0 spiro atoms. The van der Waals surface area contributed by atoms with Gasteiger partial charge in [-0.2, -0.15) is 0 Å². The first-order chi connectivity index (χ1) is 7.13. The number of hydrogen-bond donors (Lipinski definition) is 2. The number of benzene rings is 1. The van der Waals surface area contributed by atoms with Crippen LogP contribution in [-0.2, 0) is 11.2 Å². The van der Waals surface area contributed by atoms with Gasteiger partial charge in [-0.1, -0.05) is 30.3 Å². The Balaban J connectivity index is 2.06. The number of carbonyl (C=O) groups is 1. The van der Waals surface area contributed by atoms with Crippen LogP contribution in [0.15, 0.2) is 30.3 Å². The third kappa shape index (κ3) is 1.75. The van der Waals surface area contributed by atoms with E-state index < -0.39 is 11.5 Å². The molecule has 0 saturated heterocycles. The molecule has 1 aliphatic carbocycles. The van der Waals surface area contributed by atoms with Crippen LogP contribution >= 0.6 is 0 Å². The van der Waals surface area contributed by atoms with Crippen molar-refractivity contribution in [3.05, 3.63) is 35.9 Å². The zero-order valence-corrected chi connectivity index (χ0v) is 8.52. The molecular formula is C12H15NO2. The Morgan fingerprint density at radius 3 is 2.60 bits per heavy atom. The minimum absolute atomic E-state index is 0.0809. The standard InChI is InChI=1S/C12H15NO2/c13-12(11(14)15)7-6-10(12)8-9-4-2-1-3-5-9/h1-5,10H,6-8,13H2,(H,14,15)/t10-,12+/m0/s1. The number of aliphatic carboxylic acids is 1. The van der Waals surface area contributed by atoms with Gasteiger partial charge in [0, 0.05) is 0 Å². The summed E-state index contributed by atoms with van der Waals surface area (Å²) in [6.07, 6.45) is 2.28. The molecule has 0 unspecified atom stereocenters. The quantitative estimate of drug-likeness (QED) is 0.784. The van der Waals surface area contributed by atoms with Gasteiger partial charge in [-0.25, -0.2) is 0 Å². The third-order valence-electron chi connectivity index (χ3n) is 3.36.